The van der Waals surface area contributed by atoms with Crippen molar-refractivity contribution < 1.29 is 8.42 Å². The van der Waals surface area contributed by atoms with Gasteiger partial charge < -0.3 is 5.73 Å². The highest BCUT2D eigenvalue weighted by Crippen LogP contribution is 2.31. The second kappa shape index (κ2) is 6.03. The average molecular weight is 331 g/mol. The van der Waals surface area contributed by atoms with Crippen molar-refractivity contribution in [2.75, 3.05) is 16.6 Å². The predicted molar refractivity (Wildman–Crippen MR) is 85.0 cm³/mol. The standard InChI is InChI=1S/C13H15ClN2O2S2/c1-2-8-16(11-5-3-4-10(15)9-11)20(17,18)13-7-6-12(14)19-13/h3-7,9H,2,8,15H2,1H3. The van der Waals surface area contributed by atoms with Crippen molar-refractivity contribution in [1.82, 2.24) is 0 Å². The summed E-state index contributed by atoms with van der Waals surface area (Å²) in [4.78, 5) is 0. The quantitative estimate of drug-likeness (QED) is 0.852. The summed E-state index contributed by atoms with van der Waals surface area (Å²) in [7, 11) is -3.60. The van der Waals surface area contributed by atoms with Crippen LogP contribution < -0.4 is 10.0 Å². The van der Waals surface area contributed by atoms with Gasteiger partial charge in [-0.25, -0.2) is 8.42 Å². The zero-order valence-electron chi connectivity index (χ0n) is 10.9. The summed E-state index contributed by atoms with van der Waals surface area (Å²) >= 11 is 6.89. The molecule has 2 N–H and O–H groups in total. The minimum atomic E-state index is -3.60. The van der Waals surface area contributed by atoms with Crippen LogP contribution in [0.5, 0.6) is 0 Å². The Labute approximate surface area is 127 Å². The molecule has 108 valence electrons. The molecule has 0 saturated carbocycles. The van der Waals surface area contributed by atoms with E-state index >= 15 is 0 Å². The largest absolute Gasteiger partial charge is 0.399 e. The first-order valence-corrected chi connectivity index (χ1v) is 8.72. The van der Waals surface area contributed by atoms with E-state index in [0.717, 1.165) is 11.3 Å². The molecule has 0 amide bonds. The van der Waals surface area contributed by atoms with Crippen LogP contribution in [0.25, 0.3) is 0 Å². The Hall–Kier alpha value is -1.24. The molecular weight excluding hydrogens is 316 g/mol. The number of halogens is 1. The first-order valence-electron chi connectivity index (χ1n) is 6.08. The second-order valence-corrected chi connectivity index (χ2v) is 8.03. The first-order chi connectivity index (χ1) is 9.45. The summed E-state index contributed by atoms with van der Waals surface area (Å²) in [6, 6.07) is 9.97. The van der Waals surface area contributed by atoms with E-state index in [1.807, 2.05) is 6.92 Å². The lowest BCUT2D eigenvalue weighted by Gasteiger charge is -2.23. The number of anilines is 2. The zero-order valence-corrected chi connectivity index (χ0v) is 13.3. The summed E-state index contributed by atoms with van der Waals surface area (Å²) < 4.78 is 27.4. The summed E-state index contributed by atoms with van der Waals surface area (Å²) in [6.07, 6.45) is 0.702. The molecule has 20 heavy (non-hydrogen) atoms. The molecule has 0 atom stereocenters. The third-order valence-electron chi connectivity index (χ3n) is 2.68. The number of rotatable bonds is 5. The molecule has 0 saturated heterocycles. The van der Waals surface area contributed by atoms with Gasteiger partial charge in [0.25, 0.3) is 10.0 Å². The Morgan fingerprint density at radius 2 is 2.05 bits per heavy atom. The number of nitrogens with zero attached hydrogens (tertiary/aromatic N) is 1. The Balaban J connectivity index is 2.48. The highest BCUT2D eigenvalue weighted by molar-refractivity contribution is 7.94. The SMILES string of the molecule is CCCN(c1cccc(N)c1)S(=O)(=O)c1ccc(Cl)s1. The summed E-state index contributed by atoms with van der Waals surface area (Å²) in [6.45, 7) is 2.32. The molecule has 0 aliphatic heterocycles. The summed E-state index contributed by atoms with van der Waals surface area (Å²) in [5, 5.41) is 0. The van der Waals surface area contributed by atoms with E-state index in [0.29, 0.717) is 28.7 Å². The maximum atomic E-state index is 12.7. The molecule has 1 aromatic heterocycles. The molecule has 1 aromatic carbocycles. The van der Waals surface area contributed by atoms with Gasteiger partial charge in [0.2, 0.25) is 0 Å². The summed E-state index contributed by atoms with van der Waals surface area (Å²) in [5.41, 5.74) is 6.84. The molecular formula is C13H15ClN2O2S2. The van der Waals surface area contributed by atoms with Crippen LogP contribution in [-0.2, 0) is 10.0 Å². The monoisotopic (exact) mass is 330 g/mol. The van der Waals surface area contributed by atoms with E-state index in [-0.39, 0.29) is 4.21 Å². The van der Waals surface area contributed by atoms with Crippen LogP contribution in [0.15, 0.2) is 40.6 Å². The van der Waals surface area contributed by atoms with E-state index in [1.165, 1.54) is 10.4 Å². The maximum Gasteiger partial charge on any atom is 0.273 e. The fraction of sp³-hybridized carbons (Fsp3) is 0.231. The van der Waals surface area contributed by atoms with Crippen LogP contribution in [0.4, 0.5) is 11.4 Å². The maximum absolute atomic E-state index is 12.7. The summed E-state index contributed by atoms with van der Waals surface area (Å²) in [5.74, 6) is 0. The van der Waals surface area contributed by atoms with Crippen LogP contribution in [0.1, 0.15) is 13.3 Å². The normalized spacial score (nSPS) is 11.5. The lowest BCUT2D eigenvalue weighted by molar-refractivity contribution is 0.592. The van der Waals surface area contributed by atoms with E-state index in [2.05, 4.69) is 0 Å². The fourth-order valence-corrected chi connectivity index (χ4v) is 4.96. The number of nitrogen functional groups attached to an aromatic ring is 1. The van der Waals surface area contributed by atoms with E-state index in [4.69, 9.17) is 17.3 Å². The molecule has 2 rings (SSSR count). The van der Waals surface area contributed by atoms with E-state index < -0.39 is 10.0 Å². The minimum Gasteiger partial charge on any atom is -0.399 e. The van der Waals surface area contributed by atoms with Gasteiger partial charge in [-0.1, -0.05) is 24.6 Å². The van der Waals surface area contributed by atoms with Gasteiger partial charge in [-0.05, 0) is 36.8 Å². The van der Waals surface area contributed by atoms with Crippen LogP contribution in [0, 0.1) is 0 Å². The molecule has 4 nitrogen and oxygen atoms in total. The highest BCUT2D eigenvalue weighted by Gasteiger charge is 2.26. The third-order valence-corrected chi connectivity index (χ3v) is 6.20. The number of sulfonamides is 1. The number of thiophene rings is 1. The van der Waals surface area contributed by atoms with Gasteiger partial charge in [0.1, 0.15) is 4.21 Å². The van der Waals surface area contributed by atoms with Crippen LogP contribution in [0.2, 0.25) is 4.34 Å². The van der Waals surface area contributed by atoms with Gasteiger partial charge in [-0.2, -0.15) is 0 Å². The van der Waals surface area contributed by atoms with Crippen LogP contribution in [-0.4, -0.2) is 15.0 Å². The smallest absolute Gasteiger partial charge is 0.273 e. The van der Waals surface area contributed by atoms with Gasteiger partial charge in [0.05, 0.1) is 10.0 Å². The van der Waals surface area contributed by atoms with Crippen molar-refractivity contribution in [1.29, 1.82) is 0 Å². The van der Waals surface area contributed by atoms with Gasteiger partial charge in [-0.3, -0.25) is 4.31 Å². The fourth-order valence-electron chi connectivity index (χ4n) is 1.82. The Morgan fingerprint density at radius 1 is 1.30 bits per heavy atom. The van der Waals surface area contributed by atoms with Crippen molar-refractivity contribution in [3.63, 3.8) is 0 Å². The van der Waals surface area contributed by atoms with Crippen molar-refractivity contribution in [3.05, 3.63) is 40.7 Å². The minimum absolute atomic E-state index is 0.235. The molecule has 0 bridgehead atoms. The number of nitrogens with two attached hydrogens (primary N) is 1. The topological polar surface area (TPSA) is 63.4 Å². The molecule has 0 radical (unpaired) electrons. The predicted octanol–water partition coefficient (Wildman–Crippen LogP) is 3.59. The Kier molecular flexibility index (Phi) is 4.57. The van der Waals surface area contributed by atoms with Crippen molar-refractivity contribution in [2.45, 2.75) is 17.6 Å². The van der Waals surface area contributed by atoms with Crippen LogP contribution in [0.3, 0.4) is 0 Å². The first kappa shape index (κ1) is 15.2. The van der Waals surface area contributed by atoms with Gasteiger partial charge in [0.15, 0.2) is 0 Å². The Bertz CT molecular complexity index is 698. The number of hydrogen-bond donors (Lipinski definition) is 1. The lowest BCUT2D eigenvalue weighted by atomic mass is 10.3. The Morgan fingerprint density at radius 3 is 2.60 bits per heavy atom. The molecule has 0 unspecified atom stereocenters. The molecule has 0 aliphatic carbocycles. The lowest BCUT2D eigenvalue weighted by Crippen LogP contribution is -2.31. The number of hydrogen-bond acceptors (Lipinski definition) is 4. The van der Waals surface area contributed by atoms with Crippen LogP contribution >= 0.6 is 22.9 Å². The van der Waals surface area contributed by atoms with Gasteiger partial charge in [0, 0.05) is 12.2 Å². The molecule has 2 aromatic rings. The van der Waals surface area contributed by atoms with E-state index in [9.17, 15) is 8.42 Å². The zero-order chi connectivity index (χ0) is 14.8. The second-order valence-electron chi connectivity index (χ2n) is 4.23. The van der Waals surface area contributed by atoms with Crippen molar-refractivity contribution >= 4 is 44.3 Å². The van der Waals surface area contributed by atoms with Crippen molar-refractivity contribution in [2.24, 2.45) is 0 Å². The van der Waals surface area contributed by atoms with Gasteiger partial charge in [-0.15, -0.1) is 11.3 Å². The molecule has 0 aliphatic rings. The molecule has 1 heterocycles. The molecule has 0 spiro atoms. The number of benzene rings is 1. The van der Waals surface area contributed by atoms with E-state index in [1.54, 1.807) is 30.3 Å². The average Bonchev–Trinajstić information content (AvgIpc) is 2.83. The third kappa shape index (κ3) is 3.08. The molecule has 7 heteroatoms. The van der Waals surface area contributed by atoms with Crippen molar-refractivity contribution in [3.8, 4) is 0 Å². The van der Waals surface area contributed by atoms with Gasteiger partial charge >= 0.3 is 0 Å². The highest BCUT2D eigenvalue weighted by atomic mass is 35.5. The molecule has 0 fully saturated rings.